The lowest BCUT2D eigenvalue weighted by atomic mass is 10.1. The number of halogens is 3. The van der Waals surface area contributed by atoms with E-state index < -0.39 is 23.9 Å². The van der Waals surface area contributed by atoms with Crippen LogP contribution in [0.25, 0.3) is 0 Å². The number of carbonyl (C=O) groups is 1. The number of piperidine rings is 1. The van der Waals surface area contributed by atoms with Crippen LogP contribution in [-0.2, 0) is 6.18 Å². The summed E-state index contributed by atoms with van der Waals surface area (Å²) in [5, 5.41) is 11.9. The van der Waals surface area contributed by atoms with Crippen molar-refractivity contribution in [1.82, 2.24) is 4.90 Å². The molecule has 2 N–H and O–H groups in total. The zero-order chi connectivity index (χ0) is 14.8. The fourth-order valence-electron chi connectivity index (χ4n) is 2.12. The Hall–Kier alpha value is -1.76. The molecule has 20 heavy (non-hydrogen) atoms. The molecule has 0 bridgehead atoms. The first kappa shape index (κ1) is 14.6. The number of rotatable bonds is 1. The van der Waals surface area contributed by atoms with Crippen LogP contribution in [-0.4, -0.2) is 35.2 Å². The average molecular weight is 288 g/mol. The summed E-state index contributed by atoms with van der Waals surface area (Å²) >= 11 is 0. The Morgan fingerprint density at radius 3 is 2.80 bits per heavy atom. The largest absolute Gasteiger partial charge is 0.416 e. The summed E-state index contributed by atoms with van der Waals surface area (Å²) in [6.45, 7) is 0.687. The molecular formula is C13H15F3N2O2. The highest BCUT2D eigenvalue weighted by Crippen LogP contribution is 2.30. The molecule has 4 nitrogen and oxygen atoms in total. The number of likely N-dealkylation sites (tertiary alicyclic amines) is 1. The molecule has 1 atom stereocenters. The van der Waals surface area contributed by atoms with E-state index in [-0.39, 0.29) is 12.2 Å². The molecule has 1 unspecified atom stereocenters. The Balaban J connectivity index is 2.04. The van der Waals surface area contributed by atoms with Gasteiger partial charge < -0.3 is 15.3 Å². The number of hydrogen-bond donors (Lipinski definition) is 2. The van der Waals surface area contributed by atoms with Crippen molar-refractivity contribution in [2.45, 2.75) is 25.1 Å². The first-order valence-electron chi connectivity index (χ1n) is 6.27. The number of β-amino-alcohol motifs (C(OH)–C–C–N with tert-alkyl or cyclic N) is 1. The summed E-state index contributed by atoms with van der Waals surface area (Å²) in [6, 6.07) is 3.97. The lowest BCUT2D eigenvalue weighted by Crippen LogP contribution is -2.44. The molecule has 1 aliphatic rings. The molecule has 110 valence electrons. The minimum Gasteiger partial charge on any atom is -0.391 e. The molecule has 0 aromatic heterocycles. The summed E-state index contributed by atoms with van der Waals surface area (Å²) in [5.41, 5.74) is -0.723. The van der Waals surface area contributed by atoms with Gasteiger partial charge in [-0.2, -0.15) is 13.2 Å². The zero-order valence-corrected chi connectivity index (χ0v) is 10.7. The first-order valence-corrected chi connectivity index (χ1v) is 6.27. The van der Waals surface area contributed by atoms with Gasteiger partial charge in [0.2, 0.25) is 0 Å². The van der Waals surface area contributed by atoms with Gasteiger partial charge in [0, 0.05) is 18.8 Å². The van der Waals surface area contributed by atoms with E-state index in [1.807, 2.05) is 0 Å². The fraction of sp³-hybridized carbons (Fsp3) is 0.462. The lowest BCUT2D eigenvalue weighted by Gasteiger charge is -2.30. The Kier molecular flexibility index (Phi) is 4.17. The molecular weight excluding hydrogens is 273 g/mol. The Bertz CT molecular complexity index is 491. The maximum absolute atomic E-state index is 12.6. The molecule has 0 spiro atoms. The van der Waals surface area contributed by atoms with Crippen molar-refractivity contribution in [3.05, 3.63) is 29.8 Å². The van der Waals surface area contributed by atoms with Gasteiger partial charge in [0.15, 0.2) is 0 Å². The average Bonchev–Trinajstić information content (AvgIpc) is 2.38. The quantitative estimate of drug-likeness (QED) is 0.834. The van der Waals surface area contributed by atoms with Crippen molar-refractivity contribution in [3.8, 4) is 0 Å². The van der Waals surface area contributed by atoms with Crippen LogP contribution in [0.5, 0.6) is 0 Å². The van der Waals surface area contributed by atoms with Gasteiger partial charge in [-0.25, -0.2) is 4.79 Å². The summed E-state index contributed by atoms with van der Waals surface area (Å²) in [5.74, 6) is 0. The number of aliphatic hydroxyl groups excluding tert-OH is 1. The van der Waals surface area contributed by atoms with Crippen molar-refractivity contribution >= 4 is 11.7 Å². The second-order valence-corrected chi connectivity index (χ2v) is 4.75. The molecule has 0 radical (unpaired) electrons. The number of nitrogens with zero attached hydrogens (tertiary/aromatic N) is 1. The molecule has 2 amide bonds. The van der Waals surface area contributed by atoms with Gasteiger partial charge in [0.1, 0.15) is 0 Å². The van der Waals surface area contributed by atoms with Crippen LogP contribution in [0.4, 0.5) is 23.7 Å². The van der Waals surface area contributed by atoms with Gasteiger partial charge in [-0.15, -0.1) is 0 Å². The number of anilines is 1. The van der Waals surface area contributed by atoms with E-state index in [1.165, 1.54) is 17.0 Å². The highest BCUT2D eigenvalue weighted by molar-refractivity contribution is 5.89. The minimum absolute atomic E-state index is 0.0879. The molecule has 1 fully saturated rings. The molecule has 1 heterocycles. The summed E-state index contributed by atoms with van der Waals surface area (Å²) in [4.78, 5) is 13.3. The monoisotopic (exact) mass is 288 g/mol. The Morgan fingerprint density at radius 2 is 2.15 bits per heavy atom. The van der Waals surface area contributed by atoms with Gasteiger partial charge in [-0.3, -0.25) is 0 Å². The van der Waals surface area contributed by atoms with Crippen LogP contribution in [0.15, 0.2) is 24.3 Å². The van der Waals surface area contributed by atoms with Gasteiger partial charge in [0.05, 0.1) is 11.7 Å². The maximum Gasteiger partial charge on any atom is 0.416 e. The van der Waals surface area contributed by atoms with Crippen molar-refractivity contribution in [3.63, 3.8) is 0 Å². The van der Waals surface area contributed by atoms with E-state index in [0.29, 0.717) is 19.4 Å². The predicted octanol–water partition coefficient (Wildman–Crippen LogP) is 2.69. The normalized spacial score (nSPS) is 19.8. The van der Waals surface area contributed by atoms with E-state index in [9.17, 15) is 23.1 Å². The number of aliphatic hydroxyl groups is 1. The van der Waals surface area contributed by atoms with E-state index in [4.69, 9.17) is 0 Å². The molecule has 2 rings (SSSR count). The molecule has 1 saturated heterocycles. The first-order chi connectivity index (χ1) is 9.36. The molecule has 1 aromatic carbocycles. The van der Waals surface area contributed by atoms with Crippen LogP contribution in [0, 0.1) is 0 Å². The SMILES string of the molecule is O=C(Nc1cccc(C(F)(F)F)c1)N1CCCC(O)C1. The van der Waals surface area contributed by atoms with Crippen LogP contribution >= 0.6 is 0 Å². The number of nitrogens with one attached hydrogen (secondary N) is 1. The number of hydrogen-bond acceptors (Lipinski definition) is 2. The lowest BCUT2D eigenvalue weighted by molar-refractivity contribution is -0.137. The third-order valence-corrected chi connectivity index (χ3v) is 3.12. The summed E-state index contributed by atoms with van der Waals surface area (Å²) < 4.78 is 37.7. The van der Waals surface area contributed by atoms with Crippen molar-refractivity contribution in [2.24, 2.45) is 0 Å². The van der Waals surface area contributed by atoms with Gasteiger partial charge in [-0.05, 0) is 31.0 Å². The van der Waals surface area contributed by atoms with E-state index in [1.54, 1.807) is 0 Å². The third-order valence-electron chi connectivity index (χ3n) is 3.12. The van der Waals surface area contributed by atoms with Gasteiger partial charge >= 0.3 is 12.2 Å². The van der Waals surface area contributed by atoms with Crippen molar-refractivity contribution < 1.29 is 23.1 Å². The predicted molar refractivity (Wildman–Crippen MR) is 67.3 cm³/mol. The smallest absolute Gasteiger partial charge is 0.391 e. The zero-order valence-electron chi connectivity index (χ0n) is 10.7. The van der Waals surface area contributed by atoms with Crippen molar-refractivity contribution in [2.75, 3.05) is 18.4 Å². The highest BCUT2D eigenvalue weighted by atomic mass is 19.4. The standard InChI is InChI=1S/C13H15F3N2O2/c14-13(15,16)9-3-1-4-10(7-9)17-12(20)18-6-2-5-11(19)8-18/h1,3-4,7,11,19H,2,5-6,8H2,(H,17,20). The van der Waals surface area contributed by atoms with Gasteiger partial charge in [0.25, 0.3) is 0 Å². The second-order valence-electron chi connectivity index (χ2n) is 4.75. The number of urea groups is 1. The molecule has 1 aromatic rings. The van der Waals surface area contributed by atoms with Gasteiger partial charge in [-0.1, -0.05) is 6.07 Å². The molecule has 0 saturated carbocycles. The minimum atomic E-state index is -4.44. The number of benzene rings is 1. The Labute approximate surface area is 114 Å². The van der Waals surface area contributed by atoms with E-state index in [2.05, 4.69) is 5.32 Å². The number of carbonyl (C=O) groups excluding carboxylic acids is 1. The van der Waals surface area contributed by atoms with Crippen LogP contribution in [0.3, 0.4) is 0 Å². The topological polar surface area (TPSA) is 52.6 Å². The molecule has 0 aliphatic carbocycles. The van der Waals surface area contributed by atoms with Crippen LogP contribution < -0.4 is 5.32 Å². The molecule has 7 heteroatoms. The van der Waals surface area contributed by atoms with Crippen LogP contribution in [0.2, 0.25) is 0 Å². The maximum atomic E-state index is 12.6. The summed E-state index contributed by atoms with van der Waals surface area (Å²) in [7, 11) is 0. The highest BCUT2D eigenvalue weighted by Gasteiger charge is 2.30. The van der Waals surface area contributed by atoms with Crippen LogP contribution in [0.1, 0.15) is 18.4 Å². The summed E-state index contributed by atoms with van der Waals surface area (Å²) in [6.07, 6.45) is -3.71. The Morgan fingerprint density at radius 1 is 1.40 bits per heavy atom. The fourth-order valence-corrected chi connectivity index (χ4v) is 2.12. The number of amides is 2. The second kappa shape index (κ2) is 5.70. The molecule has 1 aliphatic heterocycles. The number of alkyl halides is 3. The van der Waals surface area contributed by atoms with E-state index in [0.717, 1.165) is 12.1 Å². The van der Waals surface area contributed by atoms with E-state index >= 15 is 0 Å². The van der Waals surface area contributed by atoms with Crippen molar-refractivity contribution in [1.29, 1.82) is 0 Å². The third kappa shape index (κ3) is 3.63.